The monoisotopic (exact) mass is 924 g/mol. The van der Waals surface area contributed by atoms with Gasteiger partial charge in [0.15, 0.2) is 5.78 Å². The van der Waals surface area contributed by atoms with E-state index in [0.717, 1.165) is 88.4 Å². The summed E-state index contributed by atoms with van der Waals surface area (Å²) in [6.45, 7) is 8.64. The highest BCUT2D eigenvalue weighted by atomic mass is 16.2. The van der Waals surface area contributed by atoms with Crippen molar-refractivity contribution in [1.82, 2.24) is 49.5 Å². The Morgan fingerprint density at radius 2 is 0.857 bits per heavy atom. The standard InChI is InChI=1S/C57H52N10O3/c1-35(64-19-23-66(24-20-64)56(69)39-7-3-37(4-8-39)45-29-47-49(33-62-54(47)60-31-45)41-11-13-51-43(27-41)15-17-58-51)53(68)36(2)65-21-25-67(26-22-65)57(70)40-9-5-38(6-10-40)46-30-48-50(34-63-55(48)61-32-46)42-12-14-52-44(28-42)16-18-59-52/h3-18,27-36,58-59H,19-26H2,1-2H3,(H,60,62)(H,61,63). The van der Waals surface area contributed by atoms with Crippen LogP contribution >= 0.6 is 0 Å². The Kier molecular flexibility index (Phi) is 10.9. The molecule has 2 atom stereocenters. The third-order valence-corrected chi connectivity index (χ3v) is 14.8. The van der Waals surface area contributed by atoms with Gasteiger partial charge in [-0.1, -0.05) is 36.4 Å². The normalized spacial score (nSPS) is 15.9. The number of Topliss-reactive ketones (excluding diaryl/α,β-unsaturated/α-hetero) is 1. The van der Waals surface area contributed by atoms with E-state index >= 15 is 0 Å². The molecule has 8 heterocycles. The lowest BCUT2D eigenvalue weighted by Gasteiger charge is -2.41. The molecular weight excluding hydrogens is 873 g/mol. The number of hydrogen-bond donors (Lipinski definition) is 4. The van der Waals surface area contributed by atoms with Gasteiger partial charge in [0.05, 0.1) is 12.1 Å². The predicted octanol–water partition coefficient (Wildman–Crippen LogP) is 9.63. The number of carbonyl (C=O) groups excluding carboxylic acids is 3. The summed E-state index contributed by atoms with van der Waals surface area (Å²) in [5.41, 5.74) is 13.5. The second kappa shape index (κ2) is 17.7. The van der Waals surface area contributed by atoms with E-state index in [2.05, 4.69) is 90.4 Å². The van der Waals surface area contributed by atoms with Gasteiger partial charge in [-0.05, 0) is 120 Å². The number of piperazine rings is 2. The van der Waals surface area contributed by atoms with Crippen molar-refractivity contribution in [1.29, 1.82) is 0 Å². The fourth-order valence-corrected chi connectivity index (χ4v) is 10.6. The van der Waals surface area contributed by atoms with Crippen LogP contribution in [0.4, 0.5) is 0 Å². The Balaban J connectivity index is 0.624. The Bertz CT molecular complexity index is 3350. The zero-order valence-corrected chi connectivity index (χ0v) is 39.1. The molecule has 12 rings (SSSR count). The van der Waals surface area contributed by atoms with Crippen LogP contribution in [0.5, 0.6) is 0 Å². The van der Waals surface area contributed by atoms with Crippen LogP contribution in [0.25, 0.3) is 88.4 Å². The summed E-state index contributed by atoms with van der Waals surface area (Å²) in [5, 5.41) is 4.40. The summed E-state index contributed by atoms with van der Waals surface area (Å²) >= 11 is 0. The largest absolute Gasteiger partial charge is 0.361 e. The number of amides is 2. The quantitative estimate of drug-likeness (QED) is 0.107. The molecule has 13 heteroatoms. The summed E-state index contributed by atoms with van der Waals surface area (Å²) in [6.07, 6.45) is 11.7. The van der Waals surface area contributed by atoms with Crippen molar-refractivity contribution >= 4 is 61.5 Å². The average molecular weight is 925 g/mol. The molecule has 2 saturated heterocycles. The van der Waals surface area contributed by atoms with Crippen LogP contribution in [-0.4, -0.2) is 132 Å². The lowest BCUT2D eigenvalue weighted by molar-refractivity contribution is -0.129. The van der Waals surface area contributed by atoms with Gasteiger partial charge in [-0.15, -0.1) is 0 Å². The second-order valence-corrected chi connectivity index (χ2v) is 18.8. The number of pyridine rings is 2. The molecule has 0 saturated carbocycles. The fraction of sp³-hybridized carbons (Fsp3) is 0.211. The van der Waals surface area contributed by atoms with Crippen LogP contribution in [0.3, 0.4) is 0 Å². The summed E-state index contributed by atoms with van der Waals surface area (Å²) in [7, 11) is 0. The predicted molar refractivity (Wildman–Crippen MR) is 277 cm³/mol. The van der Waals surface area contributed by atoms with Gasteiger partial charge in [-0.2, -0.15) is 0 Å². The van der Waals surface area contributed by atoms with Crippen molar-refractivity contribution in [2.24, 2.45) is 0 Å². The number of ketones is 1. The van der Waals surface area contributed by atoms with Gasteiger partial charge >= 0.3 is 0 Å². The minimum atomic E-state index is -0.290. The summed E-state index contributed by atoms with van der Waals surface area (Å²) in [4.78, 5) is 72.1. The smallest absolute Gasteiger partial charge is 0.253 e. The number of hydrogen-bond acceptors (Lipinski definition) is 7. The minimum Gasteiger partial charge on any atom is -0.361 e. The van der Waals surface area contributed by atoms with Gasteiger partial charge < -0.3 is 29.7 Å². The average Bonchev–Trinajstić information content (AvgIpc) is 4.26. The molecular formula is C57H52N10O3. The number of rotatable bonds is 10. The van der Waals surface area contributed by atoms with E-state index in [0.29, 0.717) is 63.5 Å². The molecule has 0 aliphatic carbocycles. The molecule has 348 valence electrons. The molecule has 2 fully saturated rings. The zero-order valence-electron chi connectivity index (χ0n) is 39.1. The summed E-state index contributed by atoms with van der Waals surface area (Å²) in [6, 6.07) is 36.2. The number of aromatic nitrogens is 6. The number of fused-ring (bicyclic) bond motifs is 4. The van der Waals surface area contributed by atoms with E-state index in [9.17, 15) is 14.4 Å². The molecule has 0 radical (unpaired) electrons. The van der Waals surface area contributed by atoms with Gasteiger partial charge in [0.2, 0.25) is 0 Å². The molecule has 0 spiro atoms. The van der Waals surface area contributed by atoms with Crippen molar-refractivity contribution in [2.75, 3.05) is 52.4 Å². The lowest BCUT2D eigenvalue weighted by atomic mass is 10.0. The van der Waals surface area contributed by atoms with Gasteiger partial charge in [0.1, 0.15) is 11.3 Å². The van der Waals surface area contributed by atoms with Crippen molar-refractivity contribution in [3.8, 4) is 44.5 Å². The molecule has 70 heavy (non-hydrogen) atoms. The SMILES string of the molecule is CC(C(=O)C(C)N1CCN(C(=O)c2ccc(-c3cnc4[nH]cc(-c5ccc6[nH]ccc6c5)c4c3)cc2)CC1)N1CCN(C(=O)c2ccc(-c3cnc4[nH]cc(-c5ccc6[nH]ccc6c5)c4c3)cc2)CC1. The van der Waals surface area contributed by atoms with Gasteiger partial charge in [0, 0.05) is 145 Å². The molecule has 2 amide bonds. The maximum Gasteiger partial charge on any atom is 0.253 e. The molecule has 2 aliphatic rings. The van der Waals surface area contributed by atoms with Gasteiger partial charge in [-0.3, -0.25) is 24.2 Å². The third-order valence-electron chi connectivity index (χ3n) is 14.8. The van der Waals surface area contributed by atoms with E-state index < -0.39 is 0 Å². The van der Waals surface area contributed by atoms with E-state index in [1.165, 1.54) is 0 Å². The third kappa shape index (κ3) is 7.92. The van der Waals surface area contributed by atoms with Crippen LogP contribution in [0.15, 0.2) is 146 Å². The first-order valence-electron chi connectivity index (χ1n) is 24.1. The van der Waals surface area contributed by atoms with Gasteiger partial charge in [0.25, 0.3) is 11.8 Å². The molecule has 2 unspecified atom stereocenters. The van der Waals surface area contributed by atoms with Crippen molar-refractivity contribution < 1.29 is 14.4 Å². The molecule has 4 N–H and O–H groups in total. The topological polar surface area (TPSA) is 153 Å². The second-order valence-electron chi connectivity index (χ2n) is 18.8. The van der Waals surface area contributed by atoms with Crippen LogP contribution in [-0.2, 0) is 4.79 Å². The van der Waals surface area contributed by atoms with E-state index in [4.69, 9.17) is 9.97 Å². The fourth-order valence-electron chi connectivity index (χ4n) is 10.6. The highest BCUT2D eigenvalue weighted by molar-refractivity contribution is 6.01. The summed E-state index contributed by atoms with van der Waals surface area (Å²) < 4.78 is 0. The Hall–Kier alpha value is -8.13. The Morgan fingerprint density at radius 1 is 0.457 bits per heavy atom. The first-order valence-corrected chi connectivity index (χ1v) is 24.1. The molecule has 6 aromatic heterocycles. The Labute approximate surface area is 404 Å². The number of nitrogens with zero attached hydrogens (tertiary/aromatic N) is 6. The van der Waals surface area contributed by atoms with Crippen molar-refractivity contribution in [2.45, 2.75) is 25.9 Å². The highest BCUT2D eigenvalue weighted by Crippen LogP contribution is 2.35. The molecule has 4 aromatic carbocycles. The number of benzene rings is 4. The number of nitrogens with one attached hydrogen (secondary N) is 4. The number of aromatic amines is 4. The molecule has 2 aliphatic heterocycles. The van der Waals surface area contributed by atoms with E-state index in [1.807, 2.05) is 109 Å². The van der Waals surface area contributed by atoms with Crippen LogP contribution in [0.1, 0.15) is 34.6 Å². The van der Waals surface area contributed by atoms with Crippen LogP contribution in [0.2, 0.25) is 0 Å². The highest BCUT2D eigenvalue weighted by Gasteiger charge is 2.34. The maximum absolute atomic E-state index is 13.9. The summed E-state index contributed by atoms with van der Waals surface area (Å²) in [5.74, 6) is 0.145. The molecule has 10 aromatic rings. The first-order chi connectivity index (χ1) is 34.2. The zero-order chi connectivity index (χ0) is 47.5. The molecule has 13 nitrogen and oxygen atoms in total. The first kappa shape index (κ1) is 43.2. The van der Waals surface area contributed by atoms with Crippen LogP contribution in [0, 0.1) is 0 Å². The Morgan fingerprint density at radius 3 is 1.27 bits per heavy atom. The van der Waals surface area contributed by atoms with E-state index in [1.54, 1.807) is 0 Å². The lowest BCUT2D eigenvalue weighted by Crippen LogP contribution is -2.58. The maximum atomic E-state index is 13.9. The van der Waals surface area contributed by atoms with Crippen LogP contribution < -0.4 is 0 Å². The minimum absolute atomic E-state index is 0.00765. The van der Waals surface area contributed by atoms with E-state index in [-0.39, 0.29) is 29.7 Å². The van der Waals surface area contributed by atoms with Crippen molar-refractivity contribution in [3.63, 3.8) is 0 Å². The van der Waals surface area contributed by atoms with Crippen molar-refractivity contribution in [3.05, 3.63) is 158 Å². The number of carbonyl (C=O) groups is 3. The number of H-pyrrole nitrogens is 4. The molecule has 0 bridgehead atoms. The van der Waals surface area contributed by atoms with Gasteiger partial charge in [-0.25, -0.2) is 9.97 Å².